The van der Waals surface area contributed by atoms with Crippen molar-refractivity contribution >= 4 is 17.2 Å². The van der Waals surface area contributed by atoms with Crippen molar-refractivity contribution in [2.24, 2.45) is 5.73 Å². The van der Waals surface area contributed by atoms with Crippen LogP contribution in [0.1, 0.15) is 28.1 Å². The molecular weight excluding hydrogens is 258 g/mol. The number of hydrogen-bond donors (Lipinski definition) is 2. The average molecular weight is 277 g/mol. The van der Waals surface area contributed by atoms with Crippen LogP contribution in [0.25, 0.3) is 0 Å². The van der Waals surface area contributed by atoms with Crippen LogP contribution in [0.15, 0.2) is 11.4 Å². The summed E-state index contributed by atoms with van der Waals surface area (Å²) in [5.41, 5.74) is 6.01. The lowest BCUT2D eigenvalue weighted by Gasteiger charge is -2.19. The number of carbonyl (C=O) groups excluding carboxylic acids is 1. The van der Waals surface area contributed by atoms with Crippen molar-refractivity contribution in [3.8, 4) is 11.8 Å². The van der Waals surface area contributed by atoms with Crippen LogP contribution in [0.5, 0.6) is 0 Å². The van der Waals surface area contributed by atoms with Gasteiger partial charge in [0.2, 0.25) is 0 Å². The molecule has 1 fully saturated rings. The zero-order chi connectivity index (χ0) is 13.7. The summed E-state index contributed by atoms with van der Waals surface area (Å²) in [5.74, 6) is 5.71. The van der Waals surface area contributed by atoms with E-state index in [0.717, 1.165) is 24.4 Å². The van der Waals surface area contributed by atoms with Gasteiger partial charge in [-0.05, 0) is 32.5 Å². The van der Waals surface area contributed by atoms with Crippen molar-refractivity contribution in [3.05, 3.63) is 21.9 Å². The molecule has 0 aromatic carbocycles. The molecule has 0 radical (unpaired) electrons. The molecule has 1 amide bonds. The van der Waals surface area contributed by atoms with E-state index in [0.29, 0.717) is 18.2 Å². The molecule has 0 saturated carbocycles. The molecular formula is C14H19N3OS. The Labute approximate surface area is 118 Å². The molecule has 102 valence electrons. The van der Waals surface area contributed by atoms with Gasteiger partial charge in [0.05, 0.1) is 17.0 Å². The van der Waals surface area contributed by atoms with E-state index in [-0.39, 0.29) is 5.91 Å². The van der Waals surface area contributed by atoms with E-state index in [1.54, 1.807) is 0 Å². The van der Waals surface area contributed by atoms with E-state index in [2.05, 4.69) is 29.1 Å². The summed E-state index contributed by atoms with van der Waals surface area (Å²) in [4.78, 5) is 15.2. The van der Waals surface area contributed by atoms with Crippen LogP contribution in [-0.2, 0) is 0 Å². The molecule has 19 heavy (non-hydrogen) atoms. The molecule has 0 spiro atoms. The zero-order valence-corrected chi connectivity index (χ0v) is 11.9. The smallest absolute Gasteiger partial charge is 0.252 e. The molecule has 2 heterocycles. The van der Waals surface area contributed by atoms with Gasteiger partial charge in [-0.15, -0.1) is 11.3 Å². The van der Waals surface area contributed by atoms with Crippen molar-refractivity contribution in [2.75, 3.05) is 26.7 Å². The van der Waals surface area contributed by atoms with E-state index < -0.39 is 0 Å². The fourth-order valence-corrected chi connectivity index (χ4v) is 2.96. The molecule has 1 atom stereocenters. The highest BCUT2D eigenvalue weighted by atomic mass is 32.1. The SMILES string of the molecule is CN1CCCC1CNC(=O)c1csc(C#CCN)c1. The summed E-state index contributed by atoms with van der Waals surface area (Å²) >= 11 is 1.48. The van der Waals surface area contributed by atoms with E-state index in [4.69, 9.17) is 5.73 Å². The van der Waals surface area contributed by atoms with Gasteiger partial charge in [-0.25, -0.2) is 0 Å². The van der Waals surface area contributed by atoms with E-state index in [9.17, 15) is 4.79 Å². The minimum Gasteiger partial charge on any atom is -0.350 e. The second kappa shape index (κ2) is 6.71. The fraction of sp³-hybridized carbons (Fsp3) is 0.500. The molecule has 1 aromatic rings. The molecule has 0 bridgehead atoms. The molecule has 1 saturated heterocycles. The van der Waals surface area contributed by atoms with Gasteiger partial charge in [-0.1, -0.05) is 11.8 Å². The number of nitrogens with zero attached hydrogens (tertiary/aromatic N) is 1. The lowest BCUT2D eigenvalue weighted by atomic mass is 10.2. The Morgan fingerprint density at radius 3 is 3.21 bits per heavy atom. The van der Waals surface area contributed by atoms with Gasteiger partial charge < -0.3 is 16.0 Å². The number of hydrogen-bond acceptors (Lipinski definition) is 4. The Balaban J connectivity index is 1.87. The van der Waals surface area contributed by atoms with Crippen molar-refractivity contribution < 1.29 is 4.79 Å². The fourth-order valence-electron chi connectivity index (χ4n) is 2.21. The van der Waals surface area contributed by atoms with E-state index >= 15 is 0 Å². The number of rotatable bonds is 3. The Morgan fingerprint density at radius 2 is 2.53 bits per heavy atom. The second-order valence-corrected chi connectivity index (χ2v) is 5.60. The van der Waals surface area contributed by atoms with Crippen molar-refractivity contribution in [1.82, 2.24) is 10.2 Å². The molecule has 1 aliphatic rings. The third kappa shape index (κ3) is 3.80. The predicted octanol–water partition coefficient (Wildman–Crippen LogP) is 0.882. The first-order valence-corrected chi connectivity index (χ1v) is 7.34. The Morgan fingerprint density at radius 1 is 1.68 bits per heavy atom. The summed E-state index contributed by atoms with van der Waals surface area (Å²) < 4.78 is 0. The van der Waals surface area contributed by atoms with Crippen molar-refractivity contribution in [1.29, 1.82) is 0 Å². The van der Waals surface area contributed by atoms with Crippen LogP contribution < -0.4 is 11.1 Å². The van der Waals surface area contributed by atoms with Crippen LogP contribution in [0.3, 0.4) is 0 Å². The van der Waals surface area contributed by atoms with Crippen LogP contribution in [-0.4, -0.2) is 43.5 Å². The van der Waals surface area contributed by atoms with Gasteiger partial charge >= 0.3 is 0 Å². The maximum atomic E-state index is 12.0. The highest BCUT2D eigenvalue weighted by Crippen LogP contribution is 2.15. The third-order valence-electron chi connectivity index (χ3n) is 3.35. The summed E-state index contributed by atoms with van der Waals surface area (Å²) in [7, 11) is 2.11. The predicted molar refractivity (Wildman–Crippen MR) is 78.2 cm³/mol. The van der Waals surface area contributed by atoms with Gasteiger partial charge in [0, 0.05) is 18.0 Å². The topological polar surface area (TPSA) is 58.4 Å². The van der Waals surface area contributed by atoms with E-state index in [1.165, 1.54) is 17.8 Å². The van der Waals surface area contributed by atoms with Crippen LogP contribution in [0.4, 0.5) is 0 Å². The maximum absolute atomic E-state index is 12.0. The summed E-state index contributed by atoms with van der Waals surface area (Å²) in [6.45, 7) is 2.18. The standard InChI is InChI=1S/C14H19N3OS/c1-17-7-3-4-12(17)9-16-14(18)11-8-13(19-10-11)5-2-6-15/h8,10,12H,3-4,6-7,9,15H2,1H3,(H,16,18). The Kier molecular flexibility index (Phi) is 4.97. The second-order valence-electron chi connectivity index (χ2n) is 4.69. The molecule has 2 rings (SSSR count). The highest BCUT2D eigenvalue weighted by Gasteiger charge is 2.21. The van der Waals surface area contributed by atoms with Crippen molar-refractivity contribution in [3.63, 3.8) is 0 Å². The monoisotopic (exact) mass is 277 g/mol. The largest absolute Gasteiger partial charge is 0.350 e. The number of amides is 1. The Hall–Kier alpha value is -1.35. The number of nitrogens with one attached hydrogen (secondary N) is 1. The minimum atomic E-state index is -0.0163. The number of thiophene rings is 1. The first-order valence-electron chi connectivity index (χ1n) is 6.46. The van der Waals surface area contributed by atoms with Crippen molar-refractivity contribution in [2.45, 2.75) is 18.9 Å². The van der Waals surface area contributed by atoms with Gasteiger partial charge in [0.25, 0.3) is 5.91 Å². The molecule has 1 unspecified atom stereocenters. The maximum Gasteiger partial charge on any atom is 0.252 e. The zero-order valence-electron chi connectivity index (χ0n) is 11.1. The van der Waals surface area contributed by atoms with Crippen LogP contribution in [0.2, 0.25) is 0 Å². The number of likely N-dealkylation sites (tertiary alicyclic amines) is 1. The molecule has 1 aliphatic heterocycles. The van der Waals surface area contributed by atoms with Gasteiger partial charge in [0.1, 0.15) is 0 Å². The highest BCUT2D eigenvalue weighted by molar-refractivity contribution is 7.10. The summed E-state index contributed by atoms with van der Waals surface area (Å²) in [6.07, 6.45) is 2.38. The molecule has 4 nitrogen and oxygen atoms in total. The van der Waals surface area contributed by atoms with Gasteiger partial charge in [-0.3, -0.25) is 4.79 Å². The van der Waals surface area contributed by atoms with Crippen LogP contribution in [0, 0.1) is 11.8 Å². The molecule has 5 heteroatoms. The third-order valence-corrected chi connectivity index (χ3v) is 4.19. The average Bonchev–Trinajstić information content (AvgIpc) is 3.03. The lowest BCUT2D eigenvalue weighted by molar-refractivity contribution is 0.0944. The number of carbonyl (C=O) groups is 1. The Bertz CT molecular complexity index is 500. The first-order chi connectivity index (χ1) is 9.20. The molecule has 3 N–H and O–H groups in total. The molecule has 0 aliphatic carbocycles. The van der Waals surface area contributed by atoms with E-state index in [1.807, 2.05) is 11.4 Å². The summed E-state index contributed by atoms with van der Waals surface area (Å²) in [6, 6.07) is 2.29. The van der Waals surface area contributed by atoms with Crippen LogP contribution >= 0.6 is 11.3 Å². The van der Waals surface area contributed by atoms with Gasteiger partial charge in [0.15, 0.2) is 0 Å². The first kappa shape index (κ1) is 14.1. The molecule has 1 aromatic heterocycles. The van der Waals surface area contributed by atoms with Gasteiger partial charge in [-0.2, -0.15) is 0 Å². The quantitative estimate of drug-likeness (QED) is 0.807. The lowest BCUT2D eigenvalue weighted by Crippen LogP contribution is -2.38. The minimum absolute atomic E-state index is 0.0163. The number of nitrogens with two attached hydrogens (primary N) is 1. The summed E-state index contributed by atoms with van der Waals surface area (Å²) in [5, 5.41) is 4.84. The normalized spacial score (nSPS) is 18.9. The number of likely N-dealkylation sites (N-methyl/N-ethyl adjacent to an activating group) is 1.